The number of halogens is 1. The number of hydrogen-bond acceptors (Lipinski definition) is 5. The van der Waals surface area contributed by atoms with E-state index in [1.165, 1.54) is 0 Å². The smallest absolute Gasteiger partial charge is 0.249 e. The van der Waals surface area contributed by atoms with E-state index in [9.17, 15) is 9.90 Å². The van der Waals surface area contributed by atoms with Crippen LogP contribution in [-0.4, -0.2) is 55.1 Å². The van der Waals surface area contributed by atoms with E-state index in [0.29, 0.717) is 26.2 Å². The van der Waals surface area contributed by atoms with Crippen molar-refractivity contribution in [1.29, 1.82) is 0 Å². The Balaban J connectivity index is 2.09. The highest BCUT2D eigenvalue weighted by atomic mass is 79.9. The van der Waals surface area contributed by atoms with E-state index in [2.05, 4.69) is 26.6 Å². The average Bonchev–Trinajstić information content (AvgIpc) is 2.54. The molecule has 1 amide bonds. The van der Waals surface area contributed by atoms with Gasteiger partial charge >= 0.3 is 0 Å². The van der Waals surface area contributed by atoms with Crippen LogP contribution in [0.4, 0.5) is 0 Å². The number of carbonyl (C=O) groups is 1. The largest absolute Gasteiger partial charge is 0.492 e. The molecule has 0 bridgehead atoms. The van der Waals surface area contributed by atoms with Crippen molar-refractivity contribution in [1.82, 2.24) is 10.6 Å². The van der Waals surface area contributed by atoms with Crippen molar-refractivity contribution >= 4 is 21.8 Å². The first-order valence-electron chi connectivity index (χ1n) is 7.52. The Kier molecular flexibility index (Phi) is 8.54. The summed E-state index contributed by atoms with van der Waals surface area (Å²) in [7, 11) is 0. The molecule has 1 atom stereocenters. The number of amides is 1. The van der Waals surface area contributed by atoms with E-state index in [0.717, 1.165) is 10.2 Å². The van der Waals surface area contributed by atoms with Crippen LogP contribution in [0.25, 0.3) is 0 Å². The van der Waals surface area contributed by atoms with Gasteiger partial charge < -0.3 is 25.6 Å². The van der Waals surface area contributed by atoms with Gasteiger partial charge in [-0.2, -0.15) is 0 Å². The SMILES string of the molecule is CC(C)(CO)[C@@H](O)C(=O)NCCNCCOc1ccc(Br)cc1. The maximum Gasteiger partial charge on any atom is 0.249 e. The molecule has 0 unspecified atom stereocenters. The molecule has 7 heteroatoms. The van der Waals surface area contributed by atoms with Gasteiger partial charge in [-0.05, 0) is 24.3 Å². The molecule has 6 nitrogen and oxygen atoms in total. The zero-order valence-corrected chi connectivity index (χ0v) is 15.1. The van der Waals surface area contributed by atoms with Crippen molar-refractivity contribution in [3.63, 3.8) is 0 Å². The molecule has 0 heterocycles. The molecule has 0 saturated carbocycles. The summed E-state index contributed by atoms with van der Waals surface area (Å²) < 4.78 is 6.55. The Morgan fingerprint density at radius 3 is 2.52 bits per heavy atom. The van der Waals surface area contributed by atoms with Crippen LogP contribution >= 0.6 is 15.9 Å². The molecular weight excluding hydrogens is 364 g/mol. The normalized spacial score (nSPS) is 12.7. The molecule has 0 aliphatic rings. The Bertz CT molecular complexity index is 479. The first-order chi connectivity index (χ1) is 10.9. The van der Waals surface area contributed by atoms with Gasteiger partial charge in [-0.3, -0.25) is 4.79 Å². The lowest BCUT2D eigenvalue weighted by Crippen LogP contribution is -2.47. The fraction of sp³-hybridized carbons (Fsp3) is 0.562. The summed E-state index contributed by atoms with van der Waals surface area (Å²) in [5.74, 6) is 0.328. The van der Waals surface area contributed by atoms with E-state index in [-0.39, 0.29) is 6.61 Å². The summed E-state index contributed by atoms with van der Waals surface area (Å²) in [6, 6.07) is 7.60. The summed E-state index contributed by atoms with van der Waals surface area (Å²) in [4.78, 5) is 11.7. The van der Waals surface area contributed by atoms with Crippen molar-refractivity contribution in [2.45, 2.75) is 20.0 Å². The van der Waals surface area contributed by atoms with Crippen molar-refractivity contribution in [2.24, 2.45) is 5.41 Å². The van der Waals surface area contributed by atoms with E-state index < -0.39 is 17.4 Å². The third-order valence-corrected chi connectivity index (χ3v) is 3.89. The first kappa shape index (κ1) is 19.9. The van der Waals surface area contributed by atoms with E-state index in [1.54, 1.807) is 13.8 Å². The van der Waals surface area contributed by atoms with Crippen molar-refractivity contribution in [3.8, 4) is 5.75 Å². The Morgan fingerprint density at radius 2 is 1.91 bits per heavy atom. The fourth-order valence-corrected chi connectivity index (χ4v) is 1.97. The molecule has 0 fully saturated rings. The van der Waals surface area contributed by atoms with Crippen LogP contribution in [0.5, 0.6) is 5.75 Å². The molecule has 1 aromatic carbocycles. The van der Waals surface area contributed by atoms with Gasteiger partial charge in [0.15, 0.2) is 0 Å². The molecular formula is C16H25BrN2O4. The first-order valence-corrected chi connectivity index (χ1v) is 8.32. The van der Waals surface area contributed by atoms with Gasteiger partial charge in [0.1, 0.15) is 18.5 Å². The Morgan fingerprint density at radius 1 is 1.26 bits per heavy atom. The monoisotopic (exact) mass is 388 g/mol. The highest BCUT2D eigenvalue weighted by Crippen LogP contribution is 2.19. The highest BCUT2D eigenvalue weighted by molar-refractivity contribution is 9.10. The van der Waals surface area contributed by atoms with Gasteiger partial charge in [0, 0.05) is 29.5 Å². The second-order valence-corrected chi connectivity index (χ2v) is 6.81. The standard InChI is InChI=1S/C16H25BrN2O4/c1-16(2,11-20)14(21)15(22)19-8-7-18-9-10-23-13-5-3-12(17)4-6-13/h3-6,14,18,20-21H,7-11H2,1-2H3,(H,19,22)/t14-/m0/s1. The molecule has 0 aromatic heterocycles. The van der Waals surface area contributed by atoms with Crippen LogP contribution in [0.2, 0.25) is 0 Å². The molecule has 23 heavy (non-hydrogen) atoms. The van der Waals surface area contributed by atoms with E-state index >= 15 is 0 Å². The molecule has 0 spiro atoms. The van der Waals surface area contributed by atoms with Gasteiger partial charge in [0.2, 0.25) is 5.91 Å². The van der Waals surface area contributed by atoms with Crippen molar-refractivity contribution < 1.29 is 19.7 Å². The van der Waals surface area contributed by atoms with Crippen LogP contribution in [0.15, 0.2) is 28.7 Å². The second kappa shape index (κ2) is 9.87. The van der Waals surface area contributed by atoms with Crippen molar-refractivity contribution in [2.75, 3.05) is 32.8 Å². The number of benzene rings is 1. The fourth-order valence-electron chi connectivity index (χ4n) is 1.71. The average molecular weight is 389 g/mol. The minimum absolute atomic E-state index is 0.257. The molecule has 0 saturated heterocycles. The van der Waals surface area contributed by atoms with Crippen LogP contribution in [0.1, 0.15) is 13.8 Å². The summed E-state index contributed by atoms with van der Waals surface area (Å²) in [5.41, 5.74) is -0.851. The zero-order valence-electron chi connectivity index (χ0n) is 13.5. The summed E-state index contributed by atoms with van der Waals surface area (Å²) in [5, 5.41) is 24.7. The maximum absolute atomic E-state index is 11.7. The molecule has 1 aromatic rings. The second-order valence-electron chi connectivity index (χ2n) is 5.89. The molecule has 1 rings (SSSR count). The number of aliphatic hydroxyl groups is 2. The minimum Gasteiger partial charge on any atom is -0.492 e. The third-order valence-electron chi connectivity index (χ3n) is 3.36. The Labute approximate surface area is 145 Å². The van der Waals surface area contributed by atoms with Gasteiger partial charge in [-0.15, -0.1) is 0 Å². The quantitative estimate of drug-likeness (QED) is 0.447. The molecule has 0 radical (unpaired) electrons. The van der Waals surface area contributed by atoms with Crippen molar-refractivity contribution in [3.05, 3.63) is 28.7 Å². The van der Waals surface area contributed by atoms with E-state index in [4.69, 9.17) is 9.84 Å². The van der Waals surface area contributed by atoms with E-state index in [1.807, 2.05) is 24.3 Å². The van der Waals surface area contributed by atoms with Crippen LogP contribution < -0.4 is 15.4 Å². The lowest BCUT2D eigenvalue weighted by Gasteiger charge is -2.27. The van der Waals surface area contributed by atoms with Crippen LogP contribution in [0, 0.1) is 5.41 Å². The lowest BCUT2D eigenvalue weighted by molar-refractivity contribution is -0.137. The highest BCUT2D eigenvalue weighted by Gasteiger charge is 2.32. The number of rotatable bonds is 10. The minimum atomic E-state index is -1.23. The van der Waals surface area contributed by atoms with Gasteiger partial charge in [0.05, 0.1) is 6.61 Å². The zero-order chi connectivity index (χ0) is 17.3. The van der Waals surface area contributed by atoms with Gasteiger partial charge in [-0.1, -0.05) is 29.8 Å². The van der Waals surface area contributed by atoms with Crippen LogP contribution in [-0.2, 0) is 4.79 Å². The Hall–Kier alpha value is -1.15. The maximum atomic E-state index is 11.7. The summed E-state index contributed by atoms with van der Waals surface area (Å²) >= 11 is 3.36. The molecule has 0 aliphatic carbocycles. The molecule has 4 N–H and O–H groups in total. The predicted molar refractivity (Wildman–Crippen MR) is 92.4 cm³/mol. The number of nitrogens with one attached hydrogen (secondary N) is 2. The number of hydrogen-bond donors (Lipinski definition) is 4. The lowest BCUT2D eigenvalue weighted by atomic mass is 9.87. The molecule has 130 valence electrons. The number of ether oxygens (including phenoxy) is 1. The number of carbonyl (C=O) groups excluding carboxylic acids is 1. The van der Waals surface area contributed by atoms with Crippen LogP contribution in [0.3, 0.4) is 0 Å². The van der Waals surface area contributed by atoms with Gasteiger partial charge in [-0.25, -0.2) is 0 Å². The van der Waals surface area contributed by atoms with Gasteiger partial charge in [0.25, 0.3) is 0 Å². The topological polar surface area (TPSA) is 90.8 Å². The predicted octanol–water partition coefficient (Wildman–Crippen LogP) is 0.913. The summed E-state index contributed by atoms with van der Waals surface area (Å²) in [6.07, 6.45) is -1.23. The summed E-state index contributed by atoms with van der Waals surface area (Å²) in [6.45, 7) is 5.15. The number of aliphatic hydroxyl groups excluding tert-OH is 2. The molecule has 0 aliphatic heterocycles. The third kappa shape index (κ3) is 7.30.